The van der Waals surface area contributed by atoms with Gasteiger partial charge >= 0.3 is 6.03 Å². The van der Waals surface area contributed by atoms with Crippen LogP contribution in [-0.4, -0.2) is 43.2 Å². The number of urea groups is 1. The van der Waals surface area contributed by atoms with Crippen LogP contribution >= 0.6 is 15.9 Å². The van der Waals surface area contributed by atoms with E-state index in [0.717, 1.165) is 43.5 Å². The fraction of sp³-hybridized carbons (Fsp3) is 0.533. The van der Waals surface area contributed by atoms with Gasteiger partial charge in [-0.05, 0) is 43.5 Å². The Morgan fingerprint density at radius 2 is 1.95 bits per heavy atom. The standard InChI is InChI=1S/C15H20BrN3O/c1-11-10-12(16)2-5-14(11)18-6-8-19(9-7-18)15(20)17-13-3-4-13/h2,5,10,13H,3-4,6-9H2,1H3,(H,17,20). The molecular weight excluding hydrogens is 318 g/mol. The first-order valence-corrected chi connectivity index (χ1v) is 7.99. The molecule has 1 heterocycles. The van der Waals surface area contributed by atoms with E-state index in [-0.39, 0.29) is 6.03 Å². The van der Waals surface area contributed by atoms with E-state index in [0.29, 0.717) is 6.04 Å². The number of rotatable bonds is 2. The van der Waals surface area contributed by atoms with Gasteiger partial charge in [0.05, 0.1) is 0 Å². The average molecular weight is 338 g/mol. The average Bonchev–Trinajstić information content (AvgIpc) is 3.23. The zero-order chi connectivity index (χ0) is 14.1. The molecule has 0 bridgehead atoms. The number of nitrogens with one attached hydrogen (secondary N) is 1. The van der Waals surface area contributed by atoms with E-state index in [1.54, 1.807) is 0 Å². The number of aryl methyl sites for hydroxylation is 1. The van der Waals surface area contributed by atoms with Gasteiger partial charge in [0.2, 0.25) is 0 Å². The molecule has 20 heavy (non-hydrogen) atoms. The van der Waals surface area contributed by atoms with Crippen molar-refractivity contribution in [2.24, 2.45) is 0 Å². The maximum atomic E-state index is 12.0. The molecule has 2 fully saturated rings. The smallest absolute Gasteiger partial charge is 0.317 e. The second-order valence-electron chi connectivity index (χ2n) is 5.63. The van der Waals surface area contributed by atoms with Crippen LogP contribution in [0.2, 0.25) is 0 Å². The van der Waals surface area contributed by atoms with Crippen LogP contribution in [0, 0.1) is 6.92 Å². The van der Waals surface area contributed by atoms with Crippen LogP contribution < -0.4 is 10.2 Å². The lowest BCUT2D eigenvalue weighted by Crippen LogP contribution is -2.52. The summed E-state index contributed by atoms with van der Waals surface area (Å²) in [4.78, 5) is 16.3. The Labute approximate surface area is 128 Å². The highest BCUT2D eigenvalue weighted by Crippen LogP contribution is 2.25. The zero-order valence-corrected chi connectivity index (χ0v) is 13.3. The van der Waals surface area contributed by atoms with Crippen LogP contribution in [0.1, 0.15) is 18.4 Å². The third-order valence-corrected chi connectivity index (χ3v) is 4.46. The van der Waals surface area contributed by atoms with Gasteiger partial charge in [0.25, 0.3) is 0 Å². The first-order chi connectivity index (χ1) is 9.63. The molecule has 1 saturated heterocycles. The van der Waals surface area contributed by atoms with Crippen molar-refractivity contribution in [3.05, 3.63) is 28.2 Å². The number of piperazine rings is 1. The summed E-state index contributed by atoms with van der Waals surface area (Å²) in [5.41, 5.74) is 2.55. The molecule has 1 aliphatic heterocycles. The minimum Gasteiger partial charge on any atom is -0.368 e. The molecule has 1 aromatic carbocycles. The van der Waals surface area contributed by atoms with Crippen molar-refractivity contribution >= 4 is 27.6 Å². The van der Waals surface area contributed by atoms with Crippen LogP contribution in [0.3, 0.4) is 0 Å². The summed E-state index contributed by atoms with van der Waals surface area (Å²) in [5, 5.41) is 3.06. The van der Waals surface area contributed by atoms with E-state index in [2.05, 4.69) is 51.3 Å². The molecular formula is C15H20BrN3O. The first kappa shape index (κ1) is 13.7. The summed E-state index contributed by atoms with van der Waals surface area (Å²) in [6.45, 7) is 5.54. The second kappa shape index (κ2) is 5.64. The Bertz CT molecular complexity index is 508. The third-order valence-electron chi connectivity index (χ3n) is 3.97. The van der Waals surface area contributed by atoms with Gasteiger partial charge in [-0.25, -0.2) is 4.79 Å². The Balaban J connectivity index is 1.58. The van der Waals surface area contributed by atoms with Crippen molar-refractivity contribution in [1.29, 1.82) is 0 Å². The molecule has 3 rings (SSSR count). The van der Waals surface area contributed by atoms with Gasteiger partial charge in [-0.2, -0.15) is 0 Å². The van der Waals surface area contributed by atoms with E-state index in [1.807, 2.05) is 4.90 Å². The maximum absolute atomic E-state index is 12.0. The number of anilines is 1. The van der Waals surface area contributed by atoms with E-state index in [1.165, 1.54) is 11.3 Å². The fourth-order valence-corrected chi connectivity index (χ4v) is 3.09. The Morgan fingerprint density at radius 1 is 1.25 bits per heavy atom. The lowest BCUT2D eigenvalue weighted by molar-refractivity contribution is 0.194. The highest BCUT2D eigenvalue weighted by atomic mass is 79.9. The zero-order valence-electron chi connectivity index (χ0n) is 11.7. The quantitative estimate of drug-likeness (QED) is 0.900. The van der Waals surface area contributed by atoms with Crippen LogP contribution in [0.5, 0.6) is 0 Å². The van der Waals surface area contributed by atoms with Gasteiger partial charge in [-0.1, -0.05) is 15.9 Å². The molecule has 0 spiro atoms. The van der Waals surface area contributed by atoms with Crippen molar-refractivity contribution < 1.29 is 4.79 Å². The summed E-state index contributed by atoms with van der Waals surface area (Å²) in [5.74, 6) is 0. The van der Waals surface area contributed by atoms with E-state index in [4.69, 9.17) is 0 Å². The number of amides is 2. The van der Waals surface area contributed by atoms with Gasteiger partial charge in [-0.15, -0.1) is 0 Å². The summed E-state index contributed by atoms with van der Waals surface area (Å²) >= 11 is 3.50. The number of hydrogen-bond acceptors (Lipinski definition) is 2. The van der Waals surface area contributed by atoms with Crippen LogP contribution in [0.25, 0.3) is 0 Å². The number of halogens is 1. The highest BCUT2D eigenvalue weighted by Gasteiger charge is 2.27. The SMILES string of the molecule is Cc1cc(Br)ccc1N1CCN(C(=O)NC2CC2)CC1. The predicted octanol–water partition coefficient (Wildman–Crippen LogP) is 2.75. The van der Waals surface area contributed by atoms with Gasteiger partial charge < -0.3 is 15.1 Å². The second-order valence-corrected chi connectivity index (χ2v) is 6.54. The fourth-order valence-electron chi connectivity index (χ4n) is 2.62. The molecule has 1 N–H and O–H groups in total. The predicted molar refractivity (Wildman–Crippen MR) is 84.2 cm³/mol. The van der Waals surface area contributed by atoms with E-state index in [9.17, 15) is 4.79 Å². The van der Waals surface area contributed by atoms with Crippen molar-refractivity contribution in [2.75, 3.05) is 31.1 Å². The monoisotopic (exact) mass is 337 g/mol. The normalized spacial score (nSPS) is 19.1. The molecule has 1 aromatic rings. The lowest BCUT2D eigenvalue weighted by Gasteiger charge is -2.36. The van der Waals surface area contributed by atoms with Crippen molar-refractivity contribution in [1.82, 2.24) is 10.2 Å². The number of carbonyl (C=O) groups excluding carboxylic acids is 1. The van der Waals surface area contributed by atoms with Gasteiger partial charge in [0, 0.05) is 42.4 Å². The van der Waals surface area contributed by atoms with Gasteiger partial charge in [-0.3, -0.25) is 0 Å². The van der Waals surface area contributed by atoms with Crippen molar-refractivity contribution in [3.8, 4) is 0 Å². The van der Waals surface area contributed by atoms with Gasteiger partial charge in [0.15, 0.2) is 0 Å². The molecule has 0 radical (unpaired) electrons. The van der Waals surface area contributed by atoms with Crippen molar-refractivity contribution in [3.63, 3.8) is 0 Å². The third kappa shape index (κ3) is 3.08. The Hall–Kier alpha value is -1.23. The summed E-state index contributed by atoms with van der Waals surface area (Å²) in [7, 11) is 0. The largest absolute Gasteiger partial charge is 0.368 e. The van der Waals surface area contributed by atoms with Gasteiger partial charge in [0.1, 0.15) is 0 Å². The van der Waals surface area contributed by atoms with Crippen LogP contribution in [-0.2, 0) is 0 Å². The van der Waals surface area contributed by atoms with E-state index >= 15 is 0 Å². The molecule has 0 atom stereocenters. The van der Waals surface area contributed by atoms with Crippen molar-refractivity contribution in [2.45, 2.75) is 25.8 Å². The molecule has 1 aliphatic carbocycles. The summed E-state index contributed by atoms with van der Waals surface area (Å²) < 4.78 is 1.11. The number of hydrogen-bond donors (Lipinski definition) is 1. The van der Waals surface area contributed by atoms with E-state index < -0.39 is 0 Å². The molecule has 0 unspecified atom stereocenters. The molecule has 0 aromatic heterocycles. The molecule has 4 nitrogen and oxygen atoms in total. The first-order valence-electron chi connectivity index (χ1n) is 7.20. The molecule has 5 heteroatoms. The lowest BCUT2D eigenvalue weighted by atomic mass is 10.1. The Morgan fingerprint density at radius 3 is 2.55 bits per heavy atom. The molecule has 2 amide bonds. The topological polar surface area (TPSA) is 35.6 Å². The molecule has 2 aliphatic rings. The minimum atomic E-state index is 0.111. The van der Waals surface area contributed by atoms with Crippen LogP contribution in [0.15, 0.2) is 22.7 Å². The highest BCUT2D eigenvalue weighted by molar-refractivity contribution is 9.10. The number of benzene rings is 1. The van der Waals surface area contributed by atoms with Crippen LogP contribution in [0.4, 0.5) is 10.5 Å². The minimum absolute atomic E-state index is 0.111. The summed E-state index contributed by atoms with van der Waals surface area (Å²) in [6, 6.07) is 6.92. The number of carbonyl (C=O) groups is 1. The summed E-state index contributed by atoms with van der Waals surface area (Å²) in [6.07, 6.45) is 2.29. The Kier molecular flexibility index (Phi) is 3.87. The number of nitrogens with zero attached hydrogens (tertiary/aromatic N) is 2. The molecule has 108 valence electrons. The molecule has 1 saturated carbocycles. The maximum Gasteiger partial charge on any atom is 0.317 e.